The topological polar surface area (TPSA) is 66.0 Å². The molecule has 0 atom stereocenters. The Kier molecular flexibility index (Phi) is 4.16. The van der Waals surface area contributed by atoms with Crippen LogP contribution in [-0.2, 0) is 4.79 Å². The highest BCUT2D eigenvalue weighted by Gasteiger charge is 2.10. The molecule has 4 nitrogen and oxygen atoms in total. The third-order valence-electron chi connectivity index (χ3n) is 2.30. The summed E-state index contributed by atoms with van der Waals surface area (Å²) in [6.45, 7) is 0. The second-order valence-electron chi connectivity index (χ2n) is 3.65. The number of rotatable bonds is 3. The molecule has 0 bridgehead atoms. The lowest BCUT2D eigenvalue weighted by Crippen LogP contribution is -2.13. The lowest BCUT2D eigenvalue weighted by Gasteiger charge is -2.03. The van der Waals surface area contributed by atoms with Gasteiger partial charge < -0.3 is 9.73 Å². The number of anilines is 1. The number of halogens is 1. The van der Waals surface area contributed by atoms with Crippen molar-refractivity contribution in [1.29, 1.82) is 5.26 Å². The number of hydrogen-bond acceptors (Lipinski definition) is 3. The summed E-state index contributed by atoms with van der Waals surface area (Å²) in [7, 11) is 0. The molecule has 1 heterocycles. The summed E-state index contributed by atoms with van der Waals surface area (Å²) >= 11 is 3.31. The van der Waals surface area contributed by atoms with Crippen LogP contribution in [0.3, 0.4) is 0 Å². The number of nitrogens with one attached hydrogen (secondary N) is 1. The fraction of sp³-hybridized carbons (Fsp3) is 0. The predicted octanol–water partition coefficient (Wildman–Crippen LogP) is 3.59. The first-order valence-electron chi connectivity index (χ1n) is 5.41. The van der Waals surface area contributed by atoms with Gasteiger partial charge in [-0.2, -0.15) is 5.26 Å². The molecule has 0 aliphatic rings. The van der Waals surface area contributed by atoms with Gasteiger partial charge in [-0.3, -0.25) is 4.79 Å². The number of nitriles is 1. The number of hydrogen-bond donors (Lipinski definition) is 1. The number of furan rings is 1. The van der Waals surface area contributed by atoms with Gasteiger partial charge in [0.25, 0.3) is 5.91 Å². The normalized spacial score (nSPS) is 10.8. The molecule has 0 saturated heterocycles. The zero-order valence-electron chi connectivity index (χ0n) is 9.76. The molecule has 2 aromatic rings. The Bertz CT molecular complexity index is 637. The molecule has 0 saturated carbocycles. The number of benzene rings is 1. The minimum atomic E-state index is -0.471. The summed E-state index contributed by atoms with van der Waals surface area (Å²) in [5.41, 5.74) is 0.603. The molecule has 0 fully saturated rings. The Morgan fingerprint density at radius 3 is 2.63 bits per heavy atom. The van der Waals surface area contributed by atoms with E-state index in [1.165, 1.54) is 12.3 Å². The van der Waals surface area contributed by atoms with Crippen molar-refractivity contribution >= 4 is 33.6 Å². The van der Waals surface area contributed by atoms with Crippen LogP contribution in [0.15, 0.2) is 57.1 Å². The van der Waals surface area contributed by atoms with Crippen LogP contribution in [0.25, 0.3) is 6.08 Å². The van der Waals surface area contributed by atoms with E-state index in [4.69, 9.17) is 9.68 Å². The smallest absolute Gasteiger partial charge is 0.266 e. The maximum atomic E-state index is 11.9. The van der Waals surface area contributed by atoms with Gasteiger partial charge >= 0.3 is 0 Å². The van der Waals surface area contributed by atoms with E-state index in [9.17, 15) is 4.79 Å². The quantitative estimate of drug-likeness (QED) is 0.695. The molecular weight excluding hydrogens is 308 g/mol. The third-order valence-corrected chi connectivity index (χ3v) is 2.83. The first-order chi connectivity index (χ1) is 9.19. The van der Waals surface area contributed by atoms with Crippen LogP contribution in [0, 0.1) is 11.3 Å². The van der Waals surface area contributed by atoms with Crippen molar-refractivity contribution < 1.29 is 9.21 Å². The van der Waals surface area contributed by atoms with Crippen LogP contribution in [-0.4, -0.2) is 5.91 Å². The fourth-order valence-corrected chi connectivity index (χ4v) is 1.66. The van der Waals surface area contributed by atoms with Gasteiger partial charge in [0.05, 0.1) is 6.26 Å². The summed E-state index contributed by atoms with van der Waals surface area (Å²) in [5, 5.41) is 11.6. The van der Waals surface area contributed by atoms with Gasteiger partial charge in [0, 0.05) is 16.2 Å². The minimum absolute atomic E-state index is 0.0159. The highest BCUT2D eigenvalue weighted by Crippen LogP contribution is 2.15. The fourth-order valence-electron chi connectivity index (χ4n) is 1.40. The van der Waals surface area contributed by atoms with Crippen LogP contribution in [0.2, 0.25) is 0 Å². The van der Waals surface area contributed by atoms with Crippen molar-refractivity contribution in [1.82, 2.24) is 0 Å². The monoisotopic (exact) mass is 316 g/mol. The molecule has 0 aliphatic carbocycles. The van der Waals surface area contributed by atoms with Crippen LogP contribution in [0.4, 0.5) is 5.69 Å². The van der Waals surface area contributed by atoms with Crippen molar-refractivity contribution in [2.24, 2.45) is 0 Å². The van der Waals surface area contributed by atoms with Gasteiger partial charge in [0.2, 0.25) is 0 Å². The molecule has 1 N–H and O–H groups in total. The van der Waals surface area contributed by atoms with Crippen molar-refractivity contribution in [2.75, 3.05) is 5.32 Å². The summed E-state index contributed by atoms with van der Waals surface area (Å²) in [6.07, 6.45) is 2.88. The molecule has 0 radical (unpaired) electrons. The molecule has 5 heteroatoms. The molecule has 2 rings (SSSR count). The second kappa shape index (κ2) is 6.03. The highest BCUT2D eigenvalue weighted by atomic mass is 79.9. The SMILES string of the molecule is N#CC(=Cc1ccco1)C(=O)Nc1ccc(Br)cc1. The molecule has 1 amide bonds. The summed E-state index contributed by atoms with van der Waals surface area (Å²) in [5.74, 6) is -0.0104. The van der Waals surface area contributed by atoms with Gasteiger partial charge in [0.15, 0.2) is 0 Å². The van der Waals surface area contributed by atoms with E-state index in [0.29, 0.717) is 11.4 Å². The molecule has 0 aliphatic heterocycles. The van der Waals surface area contributed by atoms with E-state index in [1.54, 1.807) is 36.4 Å². The Balaban J connectivity index is 2.14. The molecule has 1 aromatic heterocycles. The summed E-state index contributed by atoms with van der Waals surface area (Å²) < 4.78 is 5.98. The standard InChI is InChI=1S/C14H9BrN2O2/c15-11-3-5-12(6-4-11)17-14(18)10(9-16)8-13-2-1-7-19-13/h1-8H,(H,17,18). The average molecular weight is 317 g/mol. The van der Waals surface area contributed by atoms with Crippen LogP contribution in [0.5, 0.6) is 0 Å². The van der Waals surface area contributed by atoms with Gasteiger partial charge in [-0.1, -0.05) is 15.9 Å². The van der Waals surface area contributed by atoms with E-state index in [2.05, 4.69) is 21.2 Å². The van der Waals surface area contributed by atoms with Gasteiger partial charge in [-0.25, -0.2) is 0 Å². The van der Waals surface area contributed by atoms with Gasteiger partial charge in [-0.15, -0.1) is 0 Å². The van der Waals surface area contributed by atoms with Crippen LogP contribution in [0.1, 0.15) is 5.76 Å². The van der Waals surface area contributed by atoms with Gasteiger partial charge in [0.1, 0.15) is 17.4 Å². The summed E-state index contributed by atoms with van der Waals surface area (Å²) in [6, 6.07) is 12.3. The van der Waals surface area contributed by atoms with E-state index in [-0.39, 0.29) is 5.57 Å². The summed E-state index contributed by atoms with van der Waals surface area (Å²) in [4.78, 5) is 11.9. The maximum absolute atomic E-state index is 11.9. The molecule has 1 aromatic carbocycles. The lowest BCUT2D eigenvalue weighted by atomic mass is 10.2. The second-order valence-corrected chi connectivity index (χ2v) is 4.56. The number of carbonyl (C=O) groups is 1. The van der Waals surface area contributed by atoms with E-state index < -0.39 is 5.91 Å². The maximum Gasteiger partial charge on any atom is 0.266 e. The Morgan fingerprint density at radius 1 is 1.32 bits per heavy atom. The van der Waals surface area contributed by atoms with Crippen LogP contribution >= 0.6 is 15.9 Å². The highest BCUT2D eigenvalue weighted by molar-refractivity contribution is 9.10. The van der Waals surface area contributed by atoms with Gasteiger partial charge in [-0.05, 0) is 36.4 Å². The van der Waals surface area contributed by atoms with Crippen molar-refractivity contribution in [3.05, 3.63) is 58.5 Å². The zero-order chi connectivity index (χ0) is 13.7. The van der Waals surface area contributed by atoms with E-state index >= 15 is 0 Å². The van der Waals surface area contributed by atoms with Crippen LogP contribution < -0.4 is 5.32 Å². The lowest BCUT2D eigenvalue weighted by molar-refractivity contribution is -0.112. The van der Waals surface area contributed by atoms with Crippen molar-refractivity contribution in [2.45, 2.75) is 0 Å². The Hall–Kier alpha value is -2.32. The average Bonchev–Trinajstić information content (AvgIpc) is 2.91. The zero-order valence-corrected chi connectivity index (χ0v) is 11.3. The number of nitrogens with zero attached hydrogens (tertiary/aromatic N) is 1. The largest absolute Gasteiger partial charge is 0.465 e. The number of amides is 1. The first-order valence-corrected chi connectivity index (χ1v) is 6.20. The van der Waals surface area contributed by atoms with Crippen molar-refractivity contribution in [3.8, 4) is 6.07 Å². The van der Waals surface area contributed by atoms with E-state index in [1.807, 2.05) is 6.07 Å². The van der Waals surface area contributed by atoms with Crippen molar-refractivity contribution in [3.63, 3.8) is 0 Å². The van der Waals surface area contributed by atoms with E-state index in [0.717, 1.165) is 4.47 Å². The minimum Gasteiger partial charge on any atom is -0.465 e. The molecular formula is C14H9BrN2O2. The Labute approximate surface area is 118 Å². The molecule has 0 unspecified atom stereocenters. The first kappa shape index (κ1) is 13.1. The number of carbonyl (C=O) groups excluding carboxylic acids is 1. The molecule has 94 valence electrons. The Morgan fingerprint density at radius 2 is 2.05 bits per heavy atom. The predicted molar refractivity (Wildman–Crippen MR) is 75.1 cm³/mol. The third kappa shape index (κ3) is 3.57. The molecule has 19 heavy (non-hydrogen) atoms. The molecule has 0 spiro atoms.